The van der Waals surface area contributed by atoms with Crippen LogP contribution in [0.2, 0.25) is 0 Å². The fourth-order valence-electron chi connectivity index (χ4n) is 2.68. The van der Waals surface area contributed by atoms with E-state index >= 15 is 0 Å². The molecular formula is C15H19N5O. The summed E-state index contributed by atoms with van der Waals surface area (Å²) in [6, 6.07) is 8.04. The Kier molecular flexibility index (Phi) is 3.70. The Bertz CT molecular complexity index is 634. The summed E-state index contributed by atoms with van der Waals surface area (Å²) in [7, 11) is 0. The van der Waals surface area contributed by atoms with Gasteiger partial charge < -0.3 is 10.6 Å². The van der Waals surface area contributed by atoms with Gasteiger partial charge in [-0.3, -0.25) is 4.79 Å². The summed E-state index contributed by atoms with van der Waals surface area (Å²) in [6.07, 6.45) is 3.65. The predicted molar refractivity (Wildman–Crippen MR) is 79.2 cm³/mol. The van der Waals surface area contributed by atoms with Crippen LogP contribution in [0.4, 0.5) is 0 Å². The summed E-state index contributed by atoms with van der Waals surface area (Å²) >= 11 is 0. The fourth-order valence-corrected chi connectivity index (χ4v) is 2.68. The van der Waals surface area contributed by atoms with Crippen LogP contribution in [0.3, 0.4) is 0 Å². The minimum atomic E-state index is -0.0821. The molecule has 0 bridgehead atoms. The summed E-state index contributed by atoms with van der Waals surface area (Å²) in [6.45, 7) is 3.27. The Balaban J connectivity index is 1.81. The number of aromatic nitrogens is 3. The highest BCUT2D eigenvalue weighted by Crippen LogP contribution is 2.19. The van der Waals surface area contributed by atoms with E-state index in [2.05, 4.69) is 10.3 Å². The van der Waals surface area contributed by atoms with Crippen molar-refractivity contribution in [3.8, 4) is 5.69 Å². The van der Waals surface area contributed by atoms with Crippen molar-refractivity contribution in [3.63, 3.8) is 0 Å². The molecule has 1 aliphatic heterocycles. The lowest BCUT2D eigenvalue weighted by Gasteiger charge is -2.22. The van der Waals surface area contributed by atoms with Crippen molar-refractivity contribution in [2.75, 3.05) is 13.1 Å². The highest BCUT2D eigenvalue weighted by molar-refractivity contribution is 5.92. The number of benzene rings is 1. The third-order valence-electron chi connectivity index (χ3n) is 3.92. The second-order valence-electron chi connectivity index (χ2n) is 5.41. The molecule has 1 aromatic carbocycles. The number of carbonyl (C=O) groups is 1. The van der Waals surface area contributed by atoms with Gasteiger partial charge in [0, 0.05) is 19.1 Å². The van der Waals surface area contributed by atoms with E-state index < -0.39 is 0 Å². The monoisotopic (exact) mass is 285 g/mol. The van der Waals surface area contributed by atoms with E-state index in [0.717, 1.165) is 25.1 Å². The van der Waals surface area contributed by atoms with Crippen molar-refractivity contribution in [2.45, 2.75) is 25.8 Å². The van der Waals surface area contributed by atoms with Crippen molar-refractivity contribution in [2.24, 2.45) is 5.73 Å². The summed E-state index contributed by atoms with van der Waals surface area (Å²) in [4.78, 5) is 14.3. The Morgan fingerprint density at radius 3 is 2.86 bits per heavy atom. The molecule has 1 amide bonds. The molecule has 0 saturated carbocycles. The number of rotatable bonds is 3. The Hall–Kier alpha value is -2.21. The van der Waals surface area contributed by atoms with Gasteiger partial charge in [0.05, 0.1) is 11.9 Å². The molecule has 1 aliphatic rings. The molecule has 3 rings (SSSR count). The van der Waals surface area contributed by atoms with Gasteiger partial charge in [0.25, 0.3) is 5.91 Å². The van der Waals surface area contributed by atoms with Crippen LogP contribution in [0.5, 0.6) is 0 Å². The first-order valence-corrected chi connectivity index (χ1v) is 7.19. The van der Waals surface area contributed by atoms with E-state index in [1.165, 1.54) is 5.56 Å². The van der Waals surface area contributed by atoms with E-state index in [1.807, 2.05) is 36.1 Å². The van der Waals surface area contributed by atoms with E-state index in [-0.39, 0.29) is 11.9 Å². The molecule has 6 nitrogen and oxygen atoms in total. The molecular weight excluding hydrogens is 266 g/mol. The second-order valence-corrected chi connectivity index (χ2v) is 5.41. The van der Waals surface area contributed by atoms with Gasteiger partial charge in [-0.1, -0.05) is 22.9 Å². The van der Waals surface area contributed by atoms with Crippen LogP contribution in [-0.2, 0) is 0 Å². The lowest BCUT2D eigenvalue weighted by molar-refractivity contribution is 0.0735. The van der Waals surface area contributed by atoms with Crippen molar-refractivity contribution in [3.05, 3.63) is 41.7 Å². The first kappa shape index (κ1) is 13.8. The second kappa shape index (κ2) is 5.65. The van der Waals surface area contributed by atoms with Crippen LogP contribution >= 0.6 is 0 Å². The normalized spacial score (nSPS) is 18.2. The van der Waals surface area contributed by atoms with Crippen molar-refractivity contribution in [1.82, 2.24) is 19.9 Å². The highest BCUT2D eigenvalue weighted by atomic mass is 16.2. The molecule has 1 aromatic heterocycles. The number of nitrogens with zero attached hydrogens (tertiary/aromatic N) is 4. The minimum absolute atomic E-state index is 0.0821. The van der Waals surface area contributed by atoms with Gasteiger partial charge in [-0.05, 0) is 31.9 Å². The number of nitrogens with two attached hydrogens (primary N) is 1. The number of amides is 1. The van der Waals surface area contributed by atoms with Crippen LogP contribution in [0.15, 0.2) is 30.5 Å². The molecule has 1 atom stereocenters. The van der Waals surface area contributed by atoms with E-state index in [1.54, 1.807) is 10.9 Å². The van der Waals surface area contributed by atoms with Gasteiger partial charge in [-0.15, -0.1) is 5.10 Å². The SMILES string of the molecule is Cc1ccc(-n2cc(C(=O)N3CCC[C@H]3CN)nn2)cc1. The predicted octanol–water partition coefficient (Wildman–Crippen LogP) is 1.14. The maximum atomic E-state index is 12.5. The molecule has 6 heteroatoms. The molecule has 0 radical (unpaired) electrons. The van der Waals surface area contributed by atoms with Gasteiger partial charge >= 0.3 is 0 Å². The largest absolute Gasteiger partial charge is 0.333 e. The zero-order chi connectivity index (χ0) is 14.8. The summed E-state index contributed by atoms with van der Waals surface area (Å²) in [5, 5.41) is 8.06. The number of hydrogen-bond acceptors (Lipinski definition) is 4. The summed E-state index contributed by atoms with van der Waals surface area (Å²) < 4.78 is 1.63. The average Bonchev–Trinajstić information content (AvgIpc) is 3.16. The maximum absolute atomic E-state index is 12.5. The molecule has 1 saturated heterocycles. The first-order chi connectivity index (χ1) is 10.2. The molecule has 2 aromatic rings. The summed E-state index contributed by atoms with van der Waals surface area (Å²) in [5.74, 6) is -0.0821. The van der Waals surface area contributed by atoms with Crippen LogP contribution < -0.4 is 5.73 Å². The molecule has 0 spiro atoms. The van der Waals surface area contributed by atoms with E-state index in [9.17, 15) is 4.79 Å². The van der Waals surface area contributed by atoms with Crippen LogP contribution in [0, 0.1) is 6.92 Å². The van der Waals surface area contributed by atoms with Gasteiger partial charge in [0.2, 0.25) is 0 Å². The third-order valence-corrected chi connectivity index (χ3v) is 3.92. The van der Waals surface area contributed by atoms with Crippen molar-refractivity contribution >= 4 is 5.91 Å². The van der Waals surface area contributed by atoms with Crippen LogP contribution in [0.1, 0.15) is 28.9 Å². The van der Waals surface area contributed by atoms with Gasteiger partial charge in [0.15, 0.2) is 5.69 Å². The Morgan fingerprint density at radius 1 is 1.38 bits per heavy atom. The van der Waals surface area contributed by atoms with Crippen LogP contribution in [-0.4, -0.2) is 44.9 Å². The van der Waals surface area contributed by atoms with E-state index in [4.69, 9.17) is 5.73 Å². The molecule has 21 heavy (non-hydrogen) atoms. The molecule has 2 N–H and O–H groups in total. The molecule has 2 heterocycles. The zero-order valence-electron chi connectivity index (χ0n) is 12.1. The lowest BCUT2D eigenvalue weighted by atomic mass is 10.2. The van der Waals surface area contributed by atoms with Crippen molar-refractivity contribution < 1.29 is 4.79 Å². The lowest BCUT2D eigenvalue weighted by Crippen LogP contribution is -2.40. The highest BCUT2D eigenvalue weighted by Gasteiger charge is 2.29. The minimum Gasteiger partial charge on any atom is -0.333 e. The van der Waals surface area contributed by atoms with Gasteiger partial charge in [-0.25, -0.2) is 4.68 Å². The van der Waals surface area contributed by atoms with E-state index in [0.29, 0.717) is 12.2 Å². The summed E-state index contributed by atoms with van der Waals surface area (Å²) in [5.41, 5.74) is 8.16. The number of carbonyl (C=O) groups excluding carboxylic acids is 1. The third kappa shape index (κ3) is 2.67. The maximum Gasteiger partial charge on any atom is 0.276 e. The quantitative estimate of drug-likeness (QED) is 0.917. The number of aryl methyl sites for hydroxylation is 1. The Morgan fingerprint density at radius 2 is 2.14 bits per heavy atom. The molecule has 1 fully saturated rings. The van der Waals surface area contributed by atoms with Crippen molar-refractivity contribution in [1.29, 1.82) is 0 Å². The van der Waals surface area contributed by atoms with Gasteiger partial charge in [-0.2, -0.15) is 0 Å². The van der Waals surface area contributed by atoms with Crippen LogP contribution in [0.25, 0.3) is 5.69 Å². The zero-order valence-corrected chi connectivity index (χ0v) is 12.1. The fraction of sp³-hybridized carbons (Fsp3) is 0.400. The standard InChI is InChI=1S/C15H19N5O/c1-11-4-6-12(7-5-11)20-10-14(17-18-20)15(21)19-8-2-3-13(19)9-16/h4-7,10,13H,2-3,8-9,16H2,1H3/t13-/m0/s1. The Labute approximate surface area is 123 Å². The number of hydrogen-bond donors (Lipinski definition) is 1. The van der Waals surface area contributed by atoms with Gasteiger partial charge in [0.1, 0.15) is 0 Å². The molecule has 110 valence electrons. The first-order valence-electron chi connectivity index (χ1n) is 7.19. The smallest absolute Gasteiger partial charge is 0.276 e. The number of likely N-dealkylation sites (tertiary alicyclic amines) is 1. The molecule has 0 unspecified atom stereocenters. The molecule has 0 aliphatic carbocycles. The average molecular weight is 285 g/mol. The topological polar surface area (TPSA) is 77.0 Å².